The quantitative estimate of drug-likeness (QED) is 0.583. The first kappa shape index (κ1) is 9.01. The van der Waals surface area contributed by atoms with Gasteiger partial charge in [-0.1, -0.05) is 6.92 Å². The summed E-state index contributed by atoms with van der Waals surface area (Å²) in [7, 11) is 0. The monoisotopic (exact) mass is 157 g/mol. The molecule has 1 heterocycles. The maximum absolute atomic E-state index is 9.79. The van der Waals surface area contributed by atoms with Gasteiger partial charge in [-0.05, 0) is 40.0 Å². The lowest BCUT2D eigenvalue weighted by Gasteiger charge is -2.35. The molecule has 1 fully saturated rings. The summed E-state index contributed by atoms with van der Waals surface area (Å²) < 4.78 is 0. The molecule has 0 aromatic heterocycles. The molecule has 0 aliphatic carbocycles. The molecule has 1 atom stereocenters. The van der Waals surface area contributed by atoms with Crippen LogP contribution in [0.25, 0.3) is 0 Å². The van der Waals surface area contributed by atoms with Crippen molar-refractivity contribution in [2.24, 2.45) is 5.92 Å². The third kappa shape index (κ3) is 1.18. The van der Waals surface area contributed by atoms with Crippen LogP contribution in [0, 0.1) is 5.92 Å². The smallest absolute Gasteiger partial charge is 0.0436 e. The Morgan fingerprint density at radius 3 is 1.82 bits per heavy atom. The van der Waals surface area contributed by atoms with Gasteiger partial charge in [0.05, 0.1) is 0 Å². The van der Waals surface area contributed by atoms with Gasteiger partial charge in [-0.15, -0.1) is 0 Å². The molecule has 0 radical (unpaired) electrons. The summed E-state index contributed by atoms with van der Waals surface area (Å²) in [5.41, 5.74) is -0.119. The summed E-state index contributed by atoms with van der Waals surface area (Å²) in [5.74, 6) is 0.558. The molecule has 0 saturated carbocycles. The molecule has 11 heavy (non-hydrogen) atoms. The summed E-state index contributed by atoms with van der Waals surface area (Å²) in [6.45, 7) is 10.5. The summed E-state index contributed by atoms with van der Waals surface area (Å²) in [4.78, 5) is 0. The first-order valence-electron chi connectivity index (χ1n) is 4.28. The van der Waals surface area contributed by atoms with Crippen molar-refractivity contribution in [3.8, 4) is 0 Å². The molecule has 1 saturated heterocycles. The molecule has 0 amide bonds. The molecule has 2 nitrogen and oxygen atoms in total. The minimum atomic E-state index is -0.0660. The third-order valence-corrected chi connectivity index (χ3v) is 3.13. The molecular formula is C9H19NO. The maximum atomic E-state index is 9.79. The van der Waals surface area contributed by atoms with Crippen molar-refractivity contribution < 1.29 is 5.21 Å². The van der Waals surface area contributed by atoms with Crippen molar-refractivity contribution in [3.63, 3.8) is 0 Å². The fourth-order valence-electron chi connectivity index (χ4n) is 2.07. The third-order valence-electron chi connectivity index (χ3n) is 3.13. The van der Waals surface area contributed by atoms with Gasteiger partial charge >= 0.3 is 0 Å². The van der Waals surface area contributed by atoms with Crippen LogP contribution < -0.4 is 0 Å². The second-order valence-corrected chi connectivity index (χ2v) is 4.88. The second kappa shape index (κ2) is 2.20. The Morgan fingerprint density at radius 1 is 1.27 bits per heavy atom. The molecule has 66 valence electrons. The zero-order valence-electron chi connectivity index (χ0n) is 8.18. The Labute approximate surface area is 69.2 Å². The van der Waals surface area contributed by atoms with E-state index in [1.165, 1.54) is 5.06 Å². The Hall–Kier alpha value is -0.0800. The number of rotatable bonds is 0. The van der Waals surface area contributed by atoms with E-state index in [1.807, 2.05) is 0 Å². The Balaban J connectivity index is 2.89. The normalized spacial score (nSPS) is 36.0. The van der Waals surface area contributed by atoms with Crippen molar-refractivity contribution in [1.82, 2.24) is 5.06 Å². The molecule has 0 unspecified atom stereocenters. The lowest BCUT2D eigenvalue weighted by atomic mass is 9.89. The summed E-state index contributed by atoms with van der Waals surface area (Å²) in [5, 5.41) is 11.3. The Bertz CT molecular complexity index is 163. The van der Waals surface area contributed by atoms with Gasteiger partial charge in [0, 0.05) is 11.1 Å². The van der Waals surface area contributed by atoms with Crippen LogP contribution in [0.1, 0.15) is 41.0 Å². The van der Waals surface area contributed by atoms with Crippen molar-refractivity contribution in [2.75, 3.05) is 0 Å². The number of nitrogens with zero attached hydrogens (tertiary/aromatic N) is 1. The van der Waals surface area contributed by atoms with E-state index in [-0.39, 0.29) is 11.1 Å². The predicted octanol–water partition coefficient (Wildman–Crippen LogP) is 2.27. The van der Waals surface area contributed by atoms with E-state index >= 15 is 0 Å². The molecule has 0 aromatic rings. The molecule has 0 spiro atoms. The van der Waals surface area contributed by atoms with Crippen molar-refractivity contribution >= 4 is 0 Å². The largest absolute Gasteiger partial charge is 0.313 e. The maximum Gasteiger partial charge on any atom is 0.0436 e. The molecule has 0 bridgehead atoms. The number of hydroxylamine groups is 2. The van der Waals surface area contributed by atoms with Crippen LogP contribution in [0.15, 0.2) is 0 Å². The zero-order chi connectivity index (χ0) is 8.86. The van der Waals surface area contributed by atoms with Crippen LogP contribution in [0.4, 0.5) is 0 Å². The SMILES string of the molecule is C[C@H]1CC(C)(C)N(O)C1(C)C. The molecule has 1 aliphatic heterocycles. The van der Waals surface area contributed by atoms with Crippen LogP contribution in [0.2, 0.25) is 0 Å². The molecule has 1 N–H and O–H groups in total. The highest BCUT2D eigenvalue weighted by atomic mass is 16.5. The minimum absolute atomic E-state index is 0.0527. The fraction of sp³-hybridized carbons (Fsp3) is 1.00. The Kier molecular flexibility index (Phi) is 1.81. The van der Waals surface area contributed by atoms with Crippen molar-refractivity contribution in [2.45, 2.75) is 52.1 Å². The van der Waals surface area contributed by atoms with Gasteiger partial charge in [0.25, 0.3) is 0 Å². The van der Waals surface area contributed by atoms with Gasteiger partial charge in [0.2, 0.25) is 0 Å². The van der Waals surface area contributed by atoms with Gasteiger partial charge in [0.15, 0.2) is 0 Å². The Morgan fingerprint density at radius 2 is 1.73 bits per heavy atom. The fourth-order valence-corrected chi connectivity index (χ4v) is 2.07. The van der Waals surface area contributed by atoms with E-state index in [1.54, 1.807) is 0 Å². The summed E-state index contributed by atoms with van der Waals surface area (Å²) in [6, 6.07) is 0. The van der Waals surface area contributed by atoms with Crippen molar-refractivity contribution in [1.29, 1.82) is 0 Å². The lowest BCUT2D eigenvalue weighted by molar-refractivity contribution is -0.196. The van der Waals surface area contributed by atoms with E-state index < -0.39 is 0 Å². The standard InChI is InChI=1S/C9H19NO/c1-7-6-8(2,3)10(11)9(7,4)5/h7,11H,6H2,1-5H3/t7-/m0/s1. The van der Waals surface area contributed by atoms with Crippen molar-refractivity contribution in [3.05, 3.63) is 0 Å². The topological polar surface area (TPSA) is 23.5 Å². The lowest BCUT2D eigenvalue weighted by Crippen LogP contribution is -2.46. The van der Waals surface area contributed by atoms with E-state index in [0.29, 0.717) is 5.92 Å². The van der Waals surface area contributed by atoms with Gasteiger partial charge in [-0.2, -0.15) is 5.06 Å². The highest BCUT2D eigenvalue weighted by Crippen LogP contribution is 2.42. The van der Waals surface area contributed by atoms with Gasteiger partial charge in [-0.25, -0.2) is 0 Å². The van der Waals surface area contributed by atoms with E-state index in [4.69, 9.17) is 0 Å². The molecule has 2 heteroatoms. The summed E-state index contributed by atoms with van der Waals surface area (Å²) >= 11 is 0. The van der Waals surface area contributed by atoms with Crippen LogP contribution in [0.5, 0.6) is 0 Å². The van der Waals surface area contributed by atoms with E-state index in [0.717, 1.165) is 6.42 Å². The molecule has 1 aliphatic rings. The van der Waals surface area contributed by atoms with Crippen LogP contribution in [0.3, 0.4) is 0 Å². The molecule has 1 rings (SSSR count). The van der Waals surface area contributed by atoms with Crippen LogP contribution in [-0.4, -0.2) is 21.3 Å². The van der Waals surface area contributed by atoms with Crippen LogP contribution >= 0.6 is 0 Å². The van der Waals surface area contributed by atoms with Gasteiger partial charge in [0.1, 0.15) is 0 Å². The molecular weight excluding hydrogens is 138 g/mol. The second-order valence-electron chi connectivity index (χ2n) is 4.88. The highest BCUT2D eigenvalue weighted by molar-refractivity contribution is 4.99. The molecule has 0 aromatic carbocycles. The van der Waals surface area contributed by atoms with E-state index in [2.05, 4.69) is 34.6 Å². The zero-order valence-corrected chi connectivity index (χ0v) is 8.18. The minimum Gasteiger partial charge on any atom is -0.313 e. The average Bonchev–Trinajstić information content (AvgIpc) is 1.94. The summed E-state index contributed by atoms with van der Waals surface area (Å²) in [6.07, 6.45) is 1.07. The number of hydrogen-bond acceptors (Lipinski definition) is 2. The van der Waals surface area contributed by atoms with E-state index in [9.17, 15) is 5.21 Å². The highest BCUT2D eigenvalue weighted by Gasteiger charge is 2.48. The van der Waals surface area contributed by atoms with Gasteiger partial charge in [-0.3, -0.25) is 0 Å². The first-order valence-corrected chi connectivity index (χ1v) is 4.28. The first-order chi connectivity index (χ1) is 4.78. The average molecular weight is 157 g/mol. The van der Waals surface area contributed by atoms with Gasteiger partial charge < -0.3 is 5.21 Å². The predicted molar refractivity (Wildman–Crippen MR) is 45.6 cm³/mol. The van der Waals surface area contributed by atoms with Crippen LogP contribution in [-0.2, 0) is 0 Å². The number of hydrogen-bond donors (Lipinski definition) is 1.